The number of nitrogens with zero attached hydrogens (tertiary/aromatic N) is 1. The fourth-order valence-corrected chi connectivity index (χ4v) is 6.64. The quantitative estimate of drug-likeness (QED) is 0.515. The van der Waals surface area contributed by atoms with Gasteiger partial charge in [-0.3, -0.25) is 28.9 Å². The highest BCUT2D eigenvalue weighted by molar-refractivity contribution is 6.32. The number of primary amides is 1. The van der Waals surface area contributed by atoms with Crippen molar-refractivity contribution >= 4 is 29.0 Å². The SMILES string of the molecule is CCc1cc(C(C)(C)C)c(O)c2c1CC1CC3C(N(C)C)C(=O)C(C(N)=O)C(=O)C3(O)C(=O)C1C2=O. The van der Waals surface area contributed by atoms with Gasteiger partial charge < -0.3 is 15.9 Å². The molecule has 6 unspecified atom stereocenters. The van der Waals surface area contributed by atoms with Crippen LogP contribution in [0.5, 0.6) is 5.75 Å². The number of amides is 1. The number of carbonyl (C=O) groups is 5. The number of fused-ring (bicyclic) bond motifs is 3. The summed E-state index contributed by atoms with van der Waals surface area (Å²) in [5, 5.41) is 22.8. The number of phenols is 1. The first-order valence-electron chi connectivity index (χ1n) is 12.3. The van der Waals surface area contributed by atoms with Crippen LogP contribution in [0.25, 0.3) is 0 Å². The molecule has 0 radical (unpaired) electrons. The maximum atomic E-state index is 13.9. The largest absolute Gasteiger partial charge is 0.507 e. The zero-order valence-corrected chi connectivity index (χ0v) is 21.5. The molecular formula is C27H34N2O7. The molecule has 2 fully saturated rings. The normalized spacial score (nSPS) is 32.3. The van der Waals surface area contributed by atoms with Crippen molar-refractivity contribution in [1.82, 2.24) is 4.90 Å². The van der Waals surface area contributed by atoms with Crippen molar-refractivity contribution in [3.8, 4) is 5.75 Å². The highest BCUT2D eigenvalue weighted by Gasteiger charge is 2.69. The van der Waals surface area contributed by atoms with Gasteiger partial charge in [0, 0.05) is 11.5 Å². The van der Waals surface area contributed by atoms with E-state index in [1.54, 1.807) is 14.1 Å². The molecule has 1 amide bonds. The molecule has 4 N–H and O–H groups in total. The van der Waals surface area contributed by atoms with E-state index in [-0.39, 0.29) is 24.2 Å². The fourth-order valence-electron chi connectivity index (χ4n) is 6.64. The Hall–Kier alpha value is -2.91. The minimum atomic E-state index is -2.71. The van der Waals surface area contributed by atoms with Gasteiger partial charge in [-0.25, -0.2) is 0 Å². The van der Waals surface area contributed by atoms with Crippen LogP contribution >= 0.6 is 0 Å². The summed E-state index contributed by atoms with van der Waals surface area (Å²) in [5.41, 5.74) is 4.35. The third-order valence-corrected chi connectivity index (χ3v) is 8.34. The van der Waals surface area contributed by atoms with Crippen LogP contribution in [-0.4, -0.2) is 69.9 Å². The van der Waals surface area contributed by atoms with Crippen molar-refractivity contribution in [2.75, 3.05) is 14.1 Å². The number of hydrogen-bond acceptors (Lipinski definition) is 8. The molecule has 0 heterocycles. The minimum Gasteiger partial charge on any atom is -0.507 e. The maximum absolute atomic E-state index is 13.9. The van der Waals surface area contributed by atoms with E-state index in [1.165, 1.54) is 4.90 Å². The molecule has 9 nitrogen and oxygen atoms in total. The number of phenolic OH excluding ortho intramolecular Hbond substituents is 1. The average molecular weight is 499 g/mol. The fraction of sp³-hybridized carbons (Fsp3) is 0.593. The summed E-state index contributed by atoms with van der Waals surface area (Å²) in [7, 11) is 3.13. The molecule has 3 aliphatic carbocycles. The summed E-state index contributed by atoms with van der Waals surface area (Å²) < 4.78 is 0. The van der Waals surface area contributed by atoms with Crippen LogP contribution in [0.1, 0.15) is 61.2 Å². The summed E-state index contributed by atoms with van der Waals surface area (Å²) in [5.74, 6) is -10.1. The molecule has 1 aromatic carbocycles. The number of Topliss-reactive ketones (excluding diaryl/α,β-unsaturated/α-hetero) is 4. The van der Waals surface area contributed by atoms with Gasteiger partial charge in [0.15, 0.2) is 34.7 Å². The summed E-state index contributed by atoms with van der Waals surface area (Å²) in [6.45, 7) is 7.68. The monoisotopic (exact) mass is 498 g/mol. The number of hydrogen-bond donors (Lipinski definition) is 3. The minimum absolute atomic E-state index is 0.0504. The predicted molar refractivity (Wildman–Crippen MR) is 129 cm³/mol. The second-order valence-electron chi connectivity index (χ2n) is 11.7. The van der Waals surface area contributed by atoms with Gasteiger partial charge in [0.05, 0.1) is 17.5 Å². The first-order valence-corrected chi connectivity index (χ1v) is 12.3. The Balaban J connectivity index is 1.91. The average Bonchev–Trinajstić information content (AvgIpc) is 2.75. The number of carbonyl (C=O) groups excluding carboxylic acids is 5. The standard InChI is InChI=1S/C27H34N2O7/c1-7-11-9-15(26(2,3)4)20(30)17-13(11)8-12-10-14-19(29(5)6)22(32)18(25(28)35)24(34)27(14,36)23(33)16(12)21(17)31/h9,12,14,16,18-19,30,36H,7-8,10H2,1-6H3,(H2,28,35). The number of rotatable bonds is 3. The van der Waals surface area contributed by atoms with E-state index in [0.29, 0.717) is 17.5 Å². The predicted octanol–water partition coefficient (Wildman–Crippen LogP) is 0.727. The van der Waals surface area contributed by atoms with Crippen molar-refractivity contribution in [3.05, 3.63) is 28.3 Å². The lowest BCUT2D eigenvalue weighted by Crippen LogP contribution is -2.74. The van der Waals surface area contributed by atoms with Crippen molar-refractivity contribution in [3.63, 3.8) is 0 Å². The van der Waals surface area contributed by atoms with Crippen LogP contribution in [-0.2, 0) is 37.4 Å². The van der Waals surface area contributed by atoms with Crippen LogP contribution < -0.4 is 5.73 Å². The molecule has 9 heteroatoms. The Morgan fingerprint density at radius 2 is 1.78 bits per heavy atom. The Morgan fingerprint density at radius 3 is 2.28 bits per heavy atom. The third kappa shape index (κ3) is 3.39. The van der Waals surface area contributed by atoms with E-state index in [1.807, 2.05) is 33.8 Å². The van der Waals surface area contributed by atoms with E-state index in [4.69, 9.17) is 5.73 Å². The lowest BCUT2D eigenvalue weighted by molar-refractivity contribution is -0.181. The van der Waals surface area contributed by atoms with E-state index < -0.39 is 69.8 Å². The zero-order valence-electron chi connectivity index (χ0n) is 21.5. The second-order valence-corrected chi connectivity index (χ2v) is 11.7. The van der Waals surface area contributed by atoms with Crippen molar-refractivity contribution in [2.45, 2.75) is 64.0 Å². The van der Waals surface area contributed by atoms with Crippen LogP contribution in [0, 0.1) is 23.7 Å². The van der Waals surface area contributed by atoms with Gasteiger partial charge in [-0.15, -0.1) is 0 Å². The van der Waals surface area contributed by atoms with Crippen molar-refractivity contribution in [2.24, 2.45) is 29.4 Å². The molecule has 0 aromatic heterocycles. The van der Waals surface area contributed by atoms with Gasteiger partial charge in [-0.1, -0.05) is 33.8 Å². The molecule has 36 heavy (non-hydrogen) atoms. The molecule has 1 aromatic rings. The molecule has 6 atom stereocenters. The lowest BCUT2D eigenvalue weighted by Gasteiger charge is -2.52. The van der Waals surface area contributed by atoms with Gasteiger partial charge in [-0.2, -0.15) is 0 Å². The van der Waals surface area contributed by atoms with E-state index in [0.717, 1.165) is 5.56 Å². The first-order chi connectivity index (χ1) is 16.6. The van der Waals surface area contributed by atoms with Gasteiger partial charge in [0.2, 0.25) is 5.91 Å². The Kier molecular flexibility index (Phi) is 6.04. The Labute approximate surface area is 210 Å². The number of likely N-dealkylation sites (N-methyl/N-ethyl adjacent to an activating group) is 1. The molecule has 0 aliphatic heterocycles. The number of benzene rings is 1. The van der Waals surface area contributed by atoms with E-state index in [9.17, 15) is 34.2 Å². The molecule has 194 valence electrons. The summed E-state index contributed by atoms with van der Waals surface area (Å²) in [6.07, 6.45) is 0.942. The van der Waals surface area contributed by atoms with Crippen molar-refractivity contribution in [1.29, 1.82) is 0 Å². The van der Waals surface area contributed by atoms with Crippen LogP contribution in [0.3, 0.4) is 0 Å². The van der Waals surface area contributed by atoms with Crippen LogP contribution in [0.15, 0.2) is 6.07 Å². The zero-order chi connectivity index (χ0) is 27.1. The molecular weight excluding hydrogens is 464 g/mol. The van der Waals surface area contributed by atoms with Gasteiger partial charge in [-0.05, 0) is 55.8 Å². The van der Waals surface area contributed by atoms with Gasteiger partial charge in [0.1, 0.15) is 5.75 Å². The maximum Gasteiger partial charge on any atom is 0.235 e. The number of aryl methyl sites for hydroxylation is 1. The first kappa shape index (κ1) is 26.2. The van der Waals surface area contributed by atoms with Crippen molar-refractivity contribution < 1.29 is 34.2 Å². The molecule has 4 rings (SSSR count). The second kappa shape index (κ2) is 8.31. The summed E-state index contributed by atoms with van der Waals surface area (Å²) in [6, 6.07) is 0.796. The van der Waals surface area contributed by atoms with Gasteiger partial charge in [0.25, 0.3) is 0 Å². The highest BCUT2D eigenvalue weighted by Crippen LogP contribution is 2.52. The Morgan fingerprint density at radius 1 is 1.17 bits per heavy atom. The van der Waals surface area contributed by atoms with Crippen LogP contribution in [0.2, 0.25) is 0 Å². The smallest absolute Gasteiger partial charge is 0.235 e. The molecule has 0 spiro atoms. The number of aliphatic hydroxyl groups is 1. The topological polar surface area (TPSA) is 155 Å². The molecule has 0 bridgehead atoms. The number of nitrogens with two attached hydrogens (primary N) is 1. The van der Waals surface area contributed by atoms with E-state index in [2.05, 4.69) is 0 Å². The lowest BCUT2D eigenvalue weighted by atomic mass is 9.52. The molecule has 3 aliphatic rings. The molecule has 2 saturated carbocycles. The number of aromatic hydroxyl groups is 1. The summed E-state index contributed by atoms with van der Waals surface area (Å²) in [4.78, 5) is 67.8. The Bertz CT molecular complexity index is 1210. The number of ketones is 4. The van der Waals surface area contributed by atoms with E-state index >= 15 is 0 Å². The third-order valence-electron chi connectivity index (χ3n) is 8.34. The van der Waals surface area contributed by atoms with Gasteiger partial charge >= 0.3 is 0 Å². The summed E-state index contributed by atoms with van der Waals surface area (Å²) >= 11 is 0. The highest BCUT2D eigenvalue weighted by atomic mass is 16.3. The van der Waals surface area contributed by atoms with Crippen LogP contribution in [0.4, 0.5) is 0 Å². The molecule has 0 saturated heterocycles.